The van der Waals surface area contributed by atoms with E-state index in [2.05, 4.69) is 5.10 Å². The molecule has 2 atom stereocenters. The van der Waals surface area contributed by atoms with Gasteiger partial charge in [0.15, 0.2) is 11.4 Å². The van der Waals surface area contributed by atoms with Gasteiger partial charge in [-0.05, 0) is 35.4 Å². The van der Waals surface area contributed by atoms with Gasteiger partial charge in [-0.15, -0.1) is 0 Å². The second-order valence-corrected chi connectivity index (χ2v) is 7.86. The van der Waals surface area contributed by atoms with E-state index in [1.54, 1.807) is 25.2 Å². The molecule has 0 saturated carbocycles. The summed E-state index contributed by atoms with van der Waals surface area (Å²) in [4.78, 5) is 26.1. The van der Waals surface area contributed by atoms with Crippen LogP contribution in [0.5, 0.6) is 5.75 Å². The zero-order valence-electron chi connectivity index (χ0n) is 15.4. The average Bonchev–Trinajstić information content (AvgIpc) is 2.69. The molecule has 0 aliphatic carbocycles. The van der Waals surface area contributed by atoms with Gasteiger partial charge in [0, 0.05) is 29.6 Å². The number of halogens is 2. The van der Waals surface area contributed by atoms with Crippen molar-refractivity contribution < 1.29 is 9.90 Å². The van der Waals surface area contributed by atoms with E-state index in [1.165, 1.54) is 9.58 Å². The Kier molecular flexibility index (Phi) is 5.06. The van der Waals surface area contributed by atoms with Crippen LogP contribution in [0.25, 0.3) is 0 Å². The van der Waals surface area contributed by atoms with E-state index >= 15 is 0 Å². The van der Waals surface area contributed by atoms with Crippen LogP contribution in [0, 0.1) is 0 Å². The molecule has 0 bridgehead atoms. The van der Waals surface area contributed by atoms with E-state index in [1.807, 2.05) is 30.3 Å². The van der Waals surface area contributed by atoms with E-state index in [9.17, 15) is 14.7 Å². The van der Waals surface area contributed by atoms with Gasteiger partial charge < -0.3 is 10.0 Å². The van der Waals surface area contributed by atoms with Crippen LogP contribution in [0.1, 0.15) is 33.6 Å². The fourth-order valence-electron chi connectivity index (χ4n) is 3.78. The van der Waals surface area contributed by atoms with Crippen molar-refractivity contribution in [3.63, 3.8) is 0 Å². The van der Waals surface area contributed by atoms with E-state index in [4.69, 9.17) is 23.2 Å². The highest BCUT2D eigenvalue weighted by Gasteiger charge is 2.38. The van der Waals surface area contributed by atoms with Gasteiger partial charge in [-0.25, -0.2) is 0 Å². The molecular weight excluding hydrogens is 413 g/mol. The molecule has 1 amide bonds. The second kappa shape index (κ2) is 7.54. The second-order valence-electron chi connectivity index (χ2n) is 6.99. The number of fused-ring (bicyclic) bond motifs is 1. The SMILES string of the molecule is CN1CC(C(c2ccc(Cl)cc2)c2cccc(Cl)c2)n2ncc(=O)c(O)c2C1=O. The molecule has 8 heteroatoms. The molecule has 0 saturated heterocycles. The molecule has 148 valence electrons. The first-order chi connectivity index (χ1) is 13.9. The molecule has 4 rings (SSSR count). The van der Waals surface area contributed by atoms with Crippen LogP contribution in [-0.4, -0.2) is 39.3 Å². The lowest BCUT2D eigenvalue weighted by Crippen LogP contribution is -2.45. The summed E-state index contributed by atoms with van der Waals surface area (Å²) in [7, 11) is 1.63. The monoisotopic (exact) mass is 429 g/mol. The normalized spacial score (nSPS) is 17.1. The van der Waals surface area contributed by atoms with Crippen molar-refractivity contribution in [2.24, 2.45) is 0 Å². The minimum Gasteiger partial charge on any atom is -0.502 e. The van der Waals surface area contributed by atoms with Crippen molar-refractivity contribution in [1.29, 1.82) is 0 Å². The van der Waals surface area contributed by atoms with Crippen molar-refractivity contribution in [1.82, 2.24) is 14.7 Å². The van der Waals surface area contributed by atoms with Gasteiger partial charge in [0.1, 0.15) is 0 Å². The van der Waals surface area contributed by atoms with Gasteiger partial charge >= 0.3 is 0 Å². The van der Waals surface area contributed by atoms with E-state index < -0.39 is 17.1 Å². The summed E-state index contributed by atoms with van der Waals surface area (Å²) >= 11 is 12.3. The zero-order valence-corrected chi connectivity index (χ0v) is 16.9. The predicted molar refractivity (Wildman–Crippen MR) is 111 cm³/mol. The minimum absolute atomic E-state index is 0.114. The molecule has 1 aromatic heterocycles. The van der Waals surface area contributed by atoms with Crippen LogP contribution in [0.2, 0.25) is 10.0 Å². The molecular formula is C21H17Cl2N3O3. The van der Waals surface area contributed by atoms with Crippen LogP contribution in [-0.2, 0) is 0 Å². The number of likely N-dealkylation sites (N-methyl/N-ethyl adjacent to an activating group) is 1. The highest BCUT2D eigenvalue weighted by atomic mass is 35.5. The summed E-state index contributed by atoms with van der Waals surface area (Å²) < 4.78 is 1.44. The molecule has 1 N–H and O–H groups in total. The molecule has 3 aromatic rings. The topological polar surface area (TPSA) is 75.4 Å². The first-order valence-electron chi connectivity index (χ1n) is 8.94. The number of aromatic nitrogens is 2. The van der Waals surface area contributed by atoms with Crippen molar-refractivity contribution in [3.8, 4) is 5.75 Å². The van der Waals surface area contributed by atoms with Gasteiger partial charge in [-0.3, -0.25) is 14.3 Å². The Balaban J connectivity index is 1.95. The third-order valence-corrected chi connectivity index (χ3v) is 5.62. The summed E-state index contributed by atoms with van der Waals surface area (Å²) in [5, 5.41) is 15.7. The highest BCUT2D eigenvalue weighted by molar-refractivity contribution is 6.30. The van der Waals surface area contributed by atoms with E-state index in [0.29, 0.717) is 16.6 Å². The van der Waals surface area contributed by atoms with Crippen molar-refractivity contribution in [2.75, 3.05) is 13.6 Å². The van der Waals surface area contributed by atoms with Gasteiger partial charge in [-0.2, -0.15) is 5.10 Å². The van der Waals surface area contributed by atoms with Crippen molar-refractivity contribution >= 4 is 29.1 Å². The van der Waals surface area contributed by atoms with Crippen LogP contribution < -0.4 is 5.43 Å². The van der Waals surface area contributed by atoms with E-state index in [0.717, 1.165) is 17.3 Å². The number of carbonyl (C=O) groups excluding carboxylic acids is 1. The fraction of sp³-hybridized carbons (Fsp3) is 0.190. The molecule has 29 heavy (non-hydrogen) atoms. The minimum atomic E-state index is -0.690. The quantitative estimate of drug-likeness (QED) is 0.688. The zero-order chi connectivity index (χ0) is 20.7. The van der Waals surface area contributed by atoms with Crippen molar-refractivity contribution in [3.05, 3.63) is 91.8 Å². The number of nitrogens with zero attached hydrogens (tertiary/aromatic N) is 3. The largest absolute Gasteiger partial charge is 0.502 e. The first kappa shape index (κ1) is 19.5. The number of amides is 1. The third kappa shape index (κ3) is 3.50. The number of hydrogen-bond acceptors (Lipinski definition) is 4. The van der Waals surface area contributed by atoms with Gasteiger partial charge in [0.2, 0.25) is 5.43 Å². The van der Waals surface area contributed by atoms with Crippen LogP contribution in [0.15, 0.2) is 59.5 Å². The Labute approximate surface area is 176 Å². The Hall–Kier alpha value is -2.83. The number of benzene rings is 2. The molecule has 2 aromatic carbocycles. The Morgan fingerprint density at radius 2 is 1.79 bits per heavy atom. The highest BCUT2D eigenvalue weighted by Crippen LogP contribution is 2.39. The Bertz CT molecular complexity index is 1140. The van der Waals surface area contributed by atoms with Crippen LogP contribution >= 0.6 is 23.2 Å². The van der Waals surface area contributed by atoms with Gasteiger partial charge in [0.05, 0.1) is 12.2 Å². The van der Waals surface area contributed by atoms with Gasteiger partial charge in [-0.1, -0.05) is 47.5 Å². The predicted octanol–water partition coefficient (Wildman–Crippen LogP) is 3.71. The molecule has 0 radical (unpaired) electrons. The van der Waals surface area contributed by atoms with Crippen molar-refractivity contribution in [2.45, 2.75) is 12.0 Å². The number of carbonyl (C=O) groups is 1. The Morgan fingerprint density at radius 3 is 2.48 bits per heavy atom. The molecule has 0 fully saturated rings. The molecule has 6 nitrogen and oxygen atoms in total. The maximum absolute atomic E-state index is 12.7. The van der Waals surface area contributed by atoms with Crippen LogP contribution in [0.3, 0.4) is 0 Å². The van der Waals surface area contributed by atoms with Crippen LogP contribution in [0.4, 0.5) is 0 Å². The maximum Gasteiger partial charge on any atom is 0.275 e. The molecule has 2 heterocycles. The summed E-state index contributed by atoms with van der Waals surface area (Å²) in [6, 6.07) is 14.5. The number of hydrogen-bond donors (Lipinski definition) is 1. The summed E-state index contributed by atoms with van der Waals surface area (Å²) in [5.41, 5.74) is 1.05. The van der Waals surface area contributed by atoms with Gasteiger partial charge in [0.25, 0.3) is 5.91 Å². The fourth-order valence-corrected chi connectivity index (χ4v) is 4.11. The lowest BCUT2D eigenvalue weighted by Gasteiger charge is -2.37. The maximum atomic E-state index is 12.7. The summed E-state index contributed by atoms with van der Waals surface area (Å²) in [6.07, 6.45) is 1.03. The summed E-state index contributed by atoms with van der Waals surface area (Å²) in [5.74, 6) is -1.30. The number of aromatic hydroxyl groups is 1. The summed E-state index contributed by atoms with van der Waals surface area (Å²) in [6.45, 7) is 0.334. The molecule has 0 spiro atoms. The smallest absolute Gasteiger partial charge is 0.275 e. The van der Waals surface area contributed by atoms with E-state index in [-0.39, 0.29) is 17.7 Å². The average molecular weight is 430 g/mol. The lowest BCUT2D eigenvalue weighted by molar-refractivity contribution is 0.0686. The first-order valence-corrected chi connectivity index (χ1v) is 9.69. The third-order valence-electron chi connectivity index (χ3n) is 5.13. The molecule has 1 aliphatic heterocycles. The lowest BCUT2D eigenvalue weighted by atomic mass is 9.84. The molecule has 2 unspecified atom stereocenters. The Morgan fingerprint density at radius 1 is 1.07 bits per heavy atom. The molecule has 1 aliphatic rings. The number of rotatable bonds is 3. The standard InChI is InChI=1S/C21H17Cl2N3O3/c1-25-11-16(26-19(21(25)29)20(28)17(27)10-24-26)18(12-5-7-14(22)8-6-12)13-3-2-4-15(23)9-13/h2-10,16,18,28H,11H2,1H3.